The molecule has 0 radical (unpaired) electrons. The monoisotopic (exact) mass is 333 g/mol. The molecule has 0 aliphatic rings. The number of nitrogens with zero attached hydrogens (tertiary/aromatic N) is 1. The maximum absolute atomic E-state index is 10.8. The summed E-state index contributed by atoms with van der Waals surface area (Å²) in [6.45, 7) is 3.05. The van der Waals surface area contributed by atoms with E-state index in [2.05, 4.69) is 17.0 Å². The number of hydrogen-bond acceptors (Lipinski definition) is 3. The SMILES string of the molecule is CC(Oc1ccc(CN(C)Cc2ccccc2)cc1Cl)C(=O)O. The van der Waals surface area contributed by atoms with Crippen molar-refractivity contribution in [2.24, 2.45) is 0 Å². The molecule has 1 unspecified atom stereocenters. The molecule has 5 heteroatoms. The highest BCUT2D eigenvalue weighted by Crippen LogP contribution is 2.27. The van der Waals surface area contributed by atoms with Crippen LogP contribution in [-0.4, -0.2) is 29.1 Å². The minimum absolute atomic E-state index is 0.385. The van der Waals surface area contributed by atoms with Crippen molar-refractivity contribution in [3.63, 3.8) is 0 Å². The molecule has 0 saturated heterocycles. The molecule has 1 N–H and O–H groups in total. The predicted molar refractivity (Wildman–Crippen MR) is 90.8 cm³/mol. The molecule has 0 amide bonds. The van der Waals surface area contributed by atoms with Crippen LogP contribution in [0.15, 0.2) is 48.5 Å². The van der Waals surface area contributed by atoms with Gasteiger partial charge >= 0.3 is 5.97 Å². The van der Waals surface area contributed by atoms with Crippen molar-refractivity contribution in [2.45, 2.75) is 26.1 Å². The summed E-state index contributed by atoms with van der Waals surface area (Å²) in [6.07, 6.45) is -0.931. The molecule has 0 aromatic heterocycles. The van der Waals surface area contributed by atoms with Gasteiger partial charge in [-0.05, 0) is 37.2 Å². The summed E-state index contributed by atoms with van der Waals surface area (Å²) in [5.74, 6) is -0.635. The Kier molecular flexibility index (Phi) is 6.02. The van der Waals surface area contributed by atoms with E-state index in [1.807, 2.05) is 37.4 Å². The lowest BCUT2D eigenvalue weighted by molar-refractivity contribution is -0.144. The molecule has 0 aliphatic carbocycles. The Hall–Kier alpha value is -2.04. The standard InChI is InChI=1S/C18H20ClNO3/c1-13(18(21)22)23-17-9-8-15(10-16(17)19)12-20(2)11-14-6-4-3-5-7-14/h3-10,13H,11-12H2,1-2H3,(H,21,22). The summed E-state index contributed by atoms with van der Waals surface area (Å²) in [7, 11) is 2.04. The number of carboxylic acids is 1. The Labute approximate surface area is 141 Å². The second-order valence-electron chi connectivity index (χ2n) is 5.52. The van der Waals surface area contributed by atoms with Crippen LogP contribution in [0.2, 0.25) is 5.02 Å². The normalized spacial score (nSPS) is 12.2. The average Bonchev–Trinajstić information content (AvgIpc) is 2.50. The van der Waals surface area contributed by atoms with Crippen LogP contribution in [0.4, 0.5) is 0 Å². The van der Waals surface area contributed by atoms with Crippen molar-refractivity contribution in [3.8, 4) is 5.75 Å². The van der Waals surface area contributed by atoms with Gasteiger partial charge in [-0.15, -0.1) is 0 Å². The summed E-state index contributed by atoms with van der Waals surface area (Å²) in [6, 6.07) is 15.7. The fourth-order valence-corrected chi connectivity index (χ4v) is 2.49. The minimum atomic E-state index is -1.02. The van der Waals surface area contributed by atoms with Gasteiger partial charge in [-0.1, -0.05) is 48.0 Å². The highest BCUT2D eigenvalue weighted by atomic mass is 35.5. The zero-order valence-corrected chi connectivity index (χ0v) is 14.0. The van der Waals surface area contributed by atoms with Gasteiger partial charge in [0.1, 0.15) is 5.75 Å². The Morgan fingerprint density at radius 2 is 1.83 bits per heavy atom. The van der Waals surface area contributed by atoms with Crippen molar-refractivity contribution < 1.29 is 14.6 Å². The fourth-order valence-electron chi connectivity index (χ4n) is 2.24. The van der Waals surface area contributed by atoms with E-state index in [1.165, 1.54) is 12.5 Å². The molecule has 0 saturated carbocycles. The van der Waals surface area contributed by atoms with E-state index in [4.69, 9.17) is 21.4 Å². The number of carbonyl (C=O) groups is 1. The first-order valence-electron chi connectivity index (χ1n) is 7.36. The summed E-state index contributed by atoms with van der Waals surface area (Å²) in [4.78, 5) is 13.0. The number of hydrogen-bond donors (Lipinski definition) is 1. The number of ether oxygens (including phenoxy) is 1. The Morgan fingerprint density at radius 1 is 1.17 bits per heavy atom. The third-order valence-corrected chi connectivity index (χ3v) is 3.69. The molecule has 122 valence electrons. The smallest absolute Gasteiger partial charge is 0.344 e. The molecule has 0 heterocycles. The van der Waals surface area contributed by atoms with Gasteiger partial charge in [-0.25, -0.2) is 4.79 Å². The van der Waals surface area contributed by atoms with Crippen molar-refractivity contribution in [1.82, 2.24) is 4.90 Å². The lowest BCUT2D eigenvalue weighted by Crippen LogP contribution is -2.23. The third-order valence-electron chi connectivity index (χ3n) is 3.40. The first-order chi connectivity index (χ1) is 11.0. The van der Waals surface area contributed by atoms with Crippen molar-refractivity contribution in [1.29, 1.82) is 0 Å². The molecule has 2 aromatic rings. The second kappa shape index (κ2) is 7.99. The van der Waals surface area contributed by atoms with Crippen LogP contribution >= 0.6 is 11.6 Å². The van der Waals surface area contributed by atoms with Crippen LogP contribution in [0.25, 0.3) is 0 Å². The predicted octanol–water partition coefficient (Wildman–Crippen LogP) is 3.82. The third kappa shape index (κ3) is 5.27. The summed E-state index contributed by atoms with van der Waals surface area (Å²) in [5.41, 5.74) is 2.29. The van der Waals surface area contributed by atoms with Gasteiger partial charge in [0, 0.05) is 13.1 Å². The van der Waals surface area contributed by atoms with Crippen LogP contribution in [0.1, 0.15) is 18.1 Å². The van der Waals surface area contributed by atoms with Crippen molar-refractivity contribution in [3.05, 3.63) is 64.7 Å². The first kappa shape index (κ1) is 17.3. The number of benzene rings is 2. The van der Waals surface area contributed by atoms with Crippen LogP contribution in [0.5, 0.6) is 5.75 Å². The van der Waals surface area contributed by atoms with Gasteiger partial charge in [0.2, 0.25) is 0 Å². The highest BCUT2D eigenvalue weighted by Gasteiger charge is 2.14. The van der Waals surface area contributed by atoms with E-state index in [9.17, 15) is 4.79 Å². The van der Waals surface area contributed by atoms with E-state index >= 15 is 0 Å². The van der Waals surface area contributed by atoms with Crippen LogP contribution in [0.3, 0.4) is 0 Å². The maximum atomic E-state index is 10.8. The van der Waals surface area contributed by atoms with E-state index < -0.39 is 12.1 Å². The summed E-state index contributed by atoms with van der Waals surface area (Å²) >= 11 is 6.19. The molecule has 0 aliphatic heterocycles. The second-order valence-corrected chi connectivity index (χ2v) is 5.93. The van der Waals surface area contributed by atoms with Crippen LogP contribution < -0.4 is 4.74 Å². The highest BCUT2D eigenvalue weighted by molar-refractivity contribution is 6.32. The quantitative estimate of drug-likeness (QED) is 0.836. The van der Waals surface area contributed by atoms with E-state index in [0.717, 1.165) is 18.7 Å². The molecule has 2 rings (SSSR count). The molecule has 0 fully saturated rings. The molecule has 0 bridgehead atoms. The Bertz CT molecular complexity index is 661. The van der Waals surface area contributed by atoms with Crippen molar-refractivity contribution >= 4 is 17.6 Å². The molecule has 2 aromatic carbocycles. The molecular weight excluding hydrogens is 314 g/mol. The summed E-state index contributed by atoms with van der Waals surface area (Å²) in [5, 5.41) is 9.29. The lowest BCUT2D eigenvalue weighted by Gasteiger charge is -2.18. The van der Waals surface area contributed by atoms with E-state index in [-0.39, 0.29) is 0 Å². The molecule has 1 atom stereocenters. The zero-order valence-electron chi connectivity index (χ0n) is 13.2. The number of aliphatic carboxylic acids is 1. The Morgan fingerprint density at radius 3 is 2.43 bits per heavy atom. The van der Waals surface area contributed by atoms with Gasteiger partial charge in [0.05, 0.1) is 5.02 Å². The zero-order chi connectivity index (χ0) is 16.8. The number of rotatable bonds is 7. The molecular formula is C18H20ClNO3. The molecule has 23 heavy (non-hydrogen) atoms. The fraction of sp³-hybridized carbons (Fsp3) is 0.278. The topological polar surface area (TPSA) is 49.8 Å². The number of halogens is 1. The largest absolute Gasteiger partial charge is 0.479 e. The van der Waals surface area contributed by atoms with Crippen molar-refractivity contribution in [2.75, 3.05) is 7.05 Å². The number of carboxylic acid groups (broad SMARTS) is 1. The van der Waals surface area contributed by atoms with Gasteiger partial charge < -0.3 is 9.84 Å². The Balaban J connectivity index is 1.98. The van der Waals surface area contributed by atoms with Crippen LogP contribution in [0, 0.1) is 0 Å². The minimum Gasteiger partial charge on any atom is -0.479 e. The maximum Gasteiger partial charge on any atom is 0.344 e. The van der Waals surface area contributed by atoms with Gasteiger partial charge in [0.25, 0.3) is 0 Å². The lowest BCUT2D eigenvalue weighted by atomic mass is 10.1. The van der Waals surface area contributed by atoms with Gasteiger partial charge in [-0.2, -0.15) is 0 Å². The average molecular weight is 334 g/mol. The first-order valence-corrected chi connectivity index (χ1v) is 7.74. The van der Waals surface area contributed by atoms with Crippen LogP contribution in [-0.2, 0) is 17.9 Å². The van der Waals surface area contributed by atoms with Gasteiger partial charge in [-0.3, -0.25) is 4.90 Å². The molecule has 4 nitrogen and oxygen atoms in total. The van der Waals surface area contributed by atoms with E-state index in [1.54, 1.807) is 6.07 Å². The van der Waals surface area contributed by atoms with Gasteiger partial charge in [0.15, 0.2) is 6.10 Å². The summed E-state index contributed by atoms with van der Waals surface area (Å²) < 4.78 is 5.32. The molecule has 0 spiro atoms. The van der Waals surface area contributed by atoms with E-state index in [0.29, 0.717) is 10.8 Å².